The second kappa shape index (κ2) is 8.58. The number of hydrogen-bond donors (Lipinski definition) is 0. The molecule has 2 aliphatic rings. The minimum Gasteiger partial charge on any atom is -0.318 e. The third-order valence-corrected chi connectivity index (χ3v) is 11.6. The monoisotopic (exact) mass is 394 g/mol. The first-order valence-electron chi connectivity index (χ1n) is 11.4. The molecule has 2 heteroatoms. The summed E-state index contributed by atoms with van der Waals surface area (Å²) >= 11 is 0. The Labute approximate surface area is 171 Å². The molecule has 0 N–H and O–H groups in total. The number of aryl methyl sites for hydroxylation is 2. The van der Waals surface area contributed by atoms with Crippen molar-refractivity contribution in [2.45, 2.75) is 89.4 Å². The van der Waals surface area contributed by atoms with Crippen LogP contribution >= 0.6 is 7.14 Å². The van der Waals surface area contributed by atoms with E-state index in [1.807, 2.05) is 0 Å². The highest BCUT2D eigenvalue weighted by Gasteiger charge is 2.43. The molecule has 0 atom stereocenters. The first-order chi connectivity index (χ1) is 13.6. The van der Waals surface area contributed by atoms with Gasteiger partial charge in [-0.2, -0.15) is 0 Å². The molecular formula is C26H35OP. The van der Waals surface area contributed by atoms with Gasteiger partial charge in [0.05, 0.1) is 0 Å². The minimum absolute atomic E-state index is 0.397. The molecule has 0 aliphatic heterocycles. The van der Waals surface area contributed by atoms with E-state index in [1.165, 1.54) is 66.1 Å². The molecule has 0 amide bonds. The number of rotatable bonds is 4. The van der Waals surface area contributed by atoms with Crippen LogP contribution in [-0.4, -0.2) is 11.3 Å². The molecule has 28 heavy (non-hydrogen) atoms. The lowest BCUT2D eigenvalue weighted by atomic mass is 9.96. The van der Waals surface area contributed by atoms with Crippen LogP contribution in [0.15, 0.2) is 42.5 Å². The largest absolute Gasteiger partial charge is 0.318 e. The Morgan fingerprint density at radius 1 is 0.679 bits per heavy atom. The molecule has 0 heterocycles. The van der Waals surface area contributed by atoms with Gasteiger partial charge in [0.1, 0.15) is 7.14 Å². The fourth-order valence-electron chi connectivity index (χ4n) is 5.77. The van der Waals surface area contributed by atoms with Crippen molar-refractivity contribution in [1.82, 2.24) is 0 Å². The van der Waals surface area contributed by atoms with Crippen LogP contribution < -0.4 is 5.30 Å². The zero-order valence-electron chi connectivity index (χ0n) is 17.6. The quantitative estimate of drug-likeness (QED) is 0.487. The van der Waals surface area contributed by atoms with Crippen LogP contribution in [0.2, 0.25) is 0 Å². The van der Waals surface area contributed by atoms with E-state index in [0.717, 1.165) is 25.7 Å². The lowest BCUT2D eigenvalue weighted by Crippen LogP contribution is -2.31. The van der Waals surface area contributed by atoms with E-state index in [2.05, 4.69) is 56.3 Å². The predicted molar refractivity (Wildman–Crippen MR) is 122 cm³/mol. The second-order valence-electron chi connectivity index (χ2n) is 9.08. The van der Waals surface area contributed by atoms with Gasteiger partial charge in [0.15, 0.2) is 0 Å². The van der Waals surface area contributed by atoms with Gasteiger partial charge in [0.2, 0.25) is 0 Å². The molecule has 0 aromatic heterocycles. The molecule has 2 aliphatic carbocycles. The van der Waals surface area contributed by atoms with Gasteiger partial charge in [0, 0.05) is 16.6 Å². The van der Waals surface area contributed by atoms with Crippen molar-refractivity contribution >= 4 is 12.4 Å². The summed E-state index contributed by atoms with van der Waals surface area (Å²) in [5.74, 6) is 0. The molecule has 0 bridgehead atoms. The van der Waals surface area contributed by atoms with Crippen LogP contribution in [0.5, 0.6) is 0 Å². The van der Waals surface area contributed by atoms with Crippen LogP contribution in [0.3, 0.4) is 0 Å². The summed E-state index contributed by atoms with van der Waals surface area (Å²) in [7, 11) is -2.47. The topological polar surface area (TPSA) is 17.1 Å². The van der Waals surface area contributed by atoms with Crippen molar-refractivity contribution < 1.29 is 4.57 Å². The Bertz CT molecular complexity index is 834. The van der Waals surface area contributed by atoms with Crippen molar-refractivity contribution in [3.63, 3.8) is 0 Å². The molecule has 2 saturated carbocycles. The minimum atomic E-state index is -2.47. The highest BCUT2D eigenvalue weighted by atomic mass is 31.2. The summed E-state index contributed by atoms with van der Waals surface area (Å²) in [5.41, 5.74) is 5.92. The Morgan fingerprint density at radius 3 is 1.79 bits per heavy atom. The molecule has 4 rings (SSSR count). The normalized spacial score (nSPS) is 19.6. The van der Waals surface area contributed by atoms with Gasteiger partial charge in [-0.25, -0.2) is 0 Å². The van der Waals surface area contributed by atoms with Gasteiger partial charge in [-0.3, -0.25) is 0 Å². The molecule has 2 aromatic rings. The van der Waals surface area contributed by atoms with Crippen molar-refractivity contribution in [3.8, 4) is 11.1 Å². The maximum Gasteiger partial charge on any atom is 0.122 e. The van der Waals surface area contributed by atoms with Crippen LogP contribution in [-0.2, 0) is 4.57 Å². The predicted octanol–water partition coefficient (Wildman–Crippen LogP) is 7.62. The summed E-state index contributed by atoms with van der Waals surface area (Å²) in [5, 5.41) is 1.21. The van der Waals surface area contributed by atoms with Crippen molar-refractivity contribution in [2.75, 3.05) is 0 Å². The maximum absolute atomic E-state index is 15.2. The molecule has 2 aromatic carbocycles. The van der Waals surface area contributed by atoms with Crippen LogP contribution in [0.1, 0.15) is 75.3 Å². The lowest BCUT2D eigenvalue weighted by molar-refractivity contribution is 0.453. The Balaban J connectivity index is 1.91. The summed E-state index contributed by atoms with van der Waals surface area (Å²) < 4.78 is 15.2. The zero-order chi connectivity index (χ0) is 19.6. The van der Waals surface area contributed by atoms with Crippen molar-refractivity contribution in [1.29, 1.82) is 0 Å². The number of benzene rings is 2. The second-order valence-corrected chi connectivity index (χ2v) is 12.4. The average molecular weight is 395 g/mol. The Kier molecular flexibility index (Phi) is 6.12. The van der Waals surface area contributed by atoms with E-state index < -0.39 is 7.14 Å². The van der Waals surface area contributed by atoms with E-state index in [4.69, 9.17) is 0 Å². The first-order valence-corrected chi connectivity index (χ1v) is 13.2. The molecule has 0 saturated heterocycles. The third-order valence-electron chi connectivity index (χ3n) is 7.28. The fourth-order valence-corrected chi connectivity index (χ4v) is 10.4. The molecule has 0 unspecified atom stereocenters. The van der Waals surface area contributed by atoms with E-state index in [9.17, 15) is 0 Å². The van der Waals surface area contributed by atoms with Gasteiger partial charge in [-0.05, 0) is 61.8 Å². The van der Waals surface area contributed by atoms with Crippen molar-refractivity contribution in [3.05, 3.63) is 53.6 Å². The summed E-state index contributed by atoms with van der Waals surface area (Å²) in [6.07, 6.45) is 12.3. The van der Waals surface area contributed by atoms with Crippen LogP contribution in [0, 0.1) is 13.8 Å². The average Bonchev–Trinajstić information content (AvgIpc) is 2.75. The SMILES string of the molecule is Cc1ccccc1-c1c(C)cccc1P(=O)(C1CCCCC1)C1CCCCC1. The maximum atomic E-state index is 15.2. The van der Waals surface area contributed by atoms with E-state index in [1.54, 1.807) is 0 Å². The van der Waals surface area contributed by atoms with Gasteiger partial charge < -0.3 is 4.57 Å². The van der Waals surface area contributed by atoms with Gasteiger partial charge >= 0.3 is 0 Å². The smallest absolute Gasteiger partial charge is 0.122 e. The summed E-state index contributed by atoms with van der Waals surface area (Å²) in [4.78, 5) is 0. The summed E-state index contributed by atoms with van der Waals surface area (Å²) in [6.45, 7) is 4.40. The standard InChI is InChI=1S/C26H35OP/c1-20-12-9-10-18-24(20)26-21(2)13-11-19-25(26)28(27,22-14-5-3-6-15-22)23-16-7-4-8-17-23/h9-13,18-19,22-23H,3-8,14-17H2,1-2H3. The van der Waals surface area contributed by atoms with Gasteiger partial charge in [0.25, 0.3) is 0 Å². The molecule has 1 nitrogen and oxygen atoms in total. The third kappa shape index (κ3) is 3.63. The molecule has 150 valence electrons. The van der Waals surface area contributed by atoms with E-state index in [-0.39, 0.29) is 0 Å². The van der Waals surface area contributed by atoms with Gasteiger partial charge in [-0.1, -0.05) is 81.0 Å². The van der Waals surface area contributed by atoms with E-state index in [0.29, 0.717) is 11.3 Å². The summed E-state index contributed by atoms with van der Waals surface area (Å²) in [6, 6.07) is 15.3. The molecule has 2 fully saturated rings. The fraction of sp³-hybridized carbons (Fsp3) is 0.538. The zero-order valence-corrected chi connectivity index (χ0v) is 18.5. The van der Waals surface area contributed by atoms with Crippen LogP contribution in [0.25, 0.3) is 11.1 Å². The first kappa shape index (κ1) is 20.0. The lowest BCUT2D eigenvalue weighted by Gasteiger charge is -2.39. The highest BCUT2D eigenvalue weighted by Crippen LogP contribution is 2.63. The molecule has 0 spiro atoms. The van der Waals surface area contributed by atoms with Crippen LogP contribution in [0.4, 0.5) is 0 Å². The molecular weight excluding hydrogens is 359 g/mol. The van der Waals surface area contributed by atoms with Gasteiger partial charge in [-0.15, -0.1) is 0 Å². The van der Waals surface area contributed by atoms with E-state index >= 15 is 4.57 Å². The molecule has 0 radical (unpaired) electrons. The highest BCUT2D eigenvalue weighted by molar-refractivity contribution is 7.73. The Morgan fingerprint density at radius 2 is 1.21 bits per heavy atom. The van der Waals surface area contributed by atoms with Crippen molar-refractivity contribution in [2.24, 2.45) is 0 Å². The number of hydrogen-bond acceptors (Lipinski definition) is 1. The Hall–Kier alpha value is -1.33.